The van der Waals surface area contributed by atoms with Crippen LogP contribution in [0.25, 0.3) is 0 Å². The van der Waals surface area contributed by atoms with Gasteiger partial charge in [-0.2, -0.15) is 10.2 Å². The van der Waals surface area contributed by atoms with Gasteiger partial charge in [0.2, 0.25) is 5.56 Å². The van der Waals surface area contributed by atoms with E-state index in [-0.39, 0.29) is 17.5 Å². The van der Waals surface area contributed by atoms with Gasteiger partial charge in [-0.15, -0.1) is 0 Å². The molecule has 0 saturated carbocycles. The molecular weight excluding hydrogens is 256 g/mol. The number of rotatable bonds is 2. The molecule has 1 amide bonds. The highest BCUT2D eigenvalue weighted by Gasteiger charge is 2.21. The molecule has 102 valence electrons. The molecule has 0 saturated heterocycles. The van der Waals surface area contributed by atoms with Crippen LogP contribution in [0, 0.1) is 0 Å². The molecule has 0 radical (unpaired) electrons. The number of amides is 1. The van der Waals surface area contributed by atoms with Crippen LogP contribution in [-0.4, -0.2) is 27.1 Å². The zero-order chi connectivity index (χ0) is 13.9. The number of H-pyrrole nitrogens is 1. The first-order valence-electron chi connectivity index (χ1n) is 6.51. The standard InChI is InChI=1S/C14H14N4O2/c19-13-4-1-9-7-11(2-3-12(9)18-13)17-14(20)10-5-6-15-16-8-10/h1,4-6,8,11H,2-3,7H2,(H,17,20)(H,18,19). The average Bonchev–Trinajstić information content (AvgIpc) is 2.48. The first kappa shape index (κ1) is 12.5. The first-order valence-corrected chi connectivity index (χ1v) is 6.51. The molecule has 2 N–H and O–H groups in total. The van der Waals surface area contributed by atoms with Crippen LogP contribution in [-0.2, 0) is 12.8 Å². The summed E-state index contributed by atoms with van der Waals surface area (Å²) in [6.45, 7) is 0. The summed E-state index contributed by atoms with van der Waals surface area (Å²) in [5.74, 6) is -0.141. The fourth-order valence-electron chi connectivity index (χ4n) is 2.46. The van der Waals surface area contributed by atoms with Gasteiger partial charge in [0, 0.05) is 17.8 Å². The highest BCUT2D eigenvalue weighted by molar-refractivity contribution is 5.93. The van der Waals surface area contributed by atoms with Gasteiger partial charge in [-0.1, -0.05) is 6.07 Å². The maximum atomic E-state index is 12.0. The van der Waals surface area contributed by atoms with Gasteiger partial charge < -0.3 is 10.3 Å². The van der Waals surface area contributed by atoms with Crippen molar-refractivity contribution in [1.29, 1.82) is 0 Å². The maximum Gasteiger partial charge on any atom is 0.253 e. The molecule has 0 fully saturated rings. The van der Waals surface area contributed by atoms with Gasteiger partial charge in [0.25, 0.3) is 5.91 Å². The van der Waals surface area contributed by atoms with E-state index in [1.165, 1.54) is 18.5 Å². The number of aromatic amines is 1. The molecule has 20 heavy (non-hydrogen) atoms. The van der Waals surface area contributed by atoms with E-state index >= 15 is 0 Å². The smallest absolute Gasteiger partial charge is 0.253 e. The lowest BCUT2D eigenvalue weighted by Gasteiger charge is -2.25. The Hall–Kier alpha value is -2.50. The van der Waals surface area contributed by atoms with E-state index in [0.717, 1.165) is 30.5 Å². The zero-order valence-electron chi connectivity index (χ0n) is 10.8. The van der Waals surface area contributed by atoms with E-state index in [1.54, 1.807) is 6.07 Å². The fourth-order valence-corrected chi connectivity index (χ4v) is 2.46. The van der Waals surface area contributed by atoms with Crippen molar-refractivity contribution in [3.05, 3.63) is 57.8 Å². The number of nitrogens with zero attached hydrogens (tertiary/aromatic N) is 2. The van der Waals surface area contributed by atoms with Crippen LogP contribution in [0.3, 0.4) is 0 Å². The largest absolute Gasteiger partial charge is 0.349 e. The summed E-state index contributed by atoms with van der Waals surface area (Å²) in [5.41, 5.74) is 2.50. The van der Waals surface area contributed by atoms with E-state index in [0.29, 0.717) is 5.56 Å². The molecule has 6 heteroatoms. The summed E-state index contributed by atoms with van der Waals surface area (Å²) < 4.78 is 0. The van der Waals surface area contributed by atoms with Gasteiger partial charge in [0.1, 0.15) is 0 Å². The van der Waals surface area contributed by atoms with Gasteiger partial charge in [0.05, 0.1) is 18.0 Å². The van der Waals surface area contributed by atoms with Crippen LogP contribution in [0.5, 0.6) is 0 Å². The summed E-state index contributed by atoms with van der Waals surface area (Å²) in [7, 11) is 0. The first-order chi connectivity index (χ1) is 9.72. The Morgan fingerprint density at radius 2 is 2.20 bits per heavy atom. The summed E-state index contributed by atoms with van der Waals surface area (Å²) in [6.07, 6.45) is 5.26. The van der Waals surface area contributed by atoms with Crippen molar-refractivity contribution in [2.24, 2.45) is 0 Å². The lowest BCUT2D eigenvalue weighted by Crippen LogP contribution is -2.39. The lowest BCUT2D eigenvalue weighted by molar-refractivity contribution is 0.0933. The highest BCUT2D eigenvalue weighted by atomic mass is 16.1. The van der Waals surface area contributed by atoms with E-state index in [4.69, 9.17) is 0 Å². The Morgan fingerprint density at radius 3 is 3.00 bits per heavy atom. The number of hydrogen-bond donors (Lipinski definition) is 2. The van der Waals surface area contributed by atoms with E-state index in [1.807, 2.05) is 6.07 Å². The van der Waals surface area contributed by atoms with Crippen molar-refractivity contribution in [2.45, 2.75) is 25.3 Å². The second-order valence-corrected chi connectivity index (χ2v) is 4.87. The maximum absolute atomic E-state index is 12.0. The molecule has 0 aromatic carbocycles. The van der Waals surface area contributed by atoms with Gasteiger partial charge in [-0.05, 0) is 30.9 Å². The SMILES string of the molecule is O=C(NC1CCc2[nH]c(=O)ccc2C1)c1ccnnc1. The Kier molecular flexibility index (Phi) is 3.28. The number of pyridine rings is 1. The normalized spacial score (nSPS) is 17.3. The molecule has 1 atom stereocenters. The van der Waals surface area contributed by atoms with E-state index in [9.17, 15) is 9.59 Å². The van der Waals surface area contributed by atoms with Gasteiger partial charge in [-0.25, -0.2) is 0 Å². The van der Waals surface area contributed by atoms with Crippen LogP contribution in [0.1, 0.15) is 28.0 Å². The molecule has 6 nitrogen and oxygen atoms in total. The molecule has 3 rings (SSSR count). The lowest BCUT2D eigenvalue weighted by atomic mass is 9.92. The van der Waals surface area contributed by atoms with Crippen molar-refractivity contribution < 1.29 is 4.79 Å². The van der Waals surface area contributed by atoms with Crippen LogP contribution < -0.4 is 10.9 Å². The number of fused-ring (bicyclic) bond motifs is 1. The van der Waals surface area contributed by atoms with Crippen molar-refractivity contribution in [1.82, 2.24) is 20.5 Å². The second-order valence-electron chi connectivity index (χ2n) is 4.87. The zero-order valence-corrected chi connectivity index (χ0v) is 10.8. The van der Waals surface area contributed by atoms with Crippen LogP contribution in [0.15, 0.2) is 35.4 Å². The third-order valence-electron chi connectivity index (χ3n) is 3.49. The van der Waals surface area contributed by atoms with Crippen LogP contribution in [0.2, 0.25) is 0 Å². The van der Waals surface area contributed by atoms with Crippen molar-refractivity contribution in [2.75, 3.05) is 0 Å². The van der Waals surface area contributed by atoms with E-state index < -0.39 is 0 Å². The third-order valence-corrected chi connectivity index (χ3v) is 3.49. The molecule has 0 bridgehead atoms. The number of aromatic nitrogens is 3. The Morgan fingerprint density at radius 1 is 1.30 bits per heavy atom. The Bertz CT molecular complexity index is 681. The number of hydrogen-bond acceptors (Lipinski definition) is 4. The third kappa shape index (κ3) is 2.59. The molecule has 1 unspecified atom stereocenters. The van der Waals surface area contributed by atoms with E-state index in [2.05, 4.69) is 20.5 Å². The quantitative estimate of drug-likeness (QED) is 0.829. The molecule has 2 aromatic rings. The Balaban J connectivity index is 1.70. The molecule has 0 spiro atoms. The summed E-state index contributed by atoms with van der Waals surface area (Å²) >= 11 is 0. The second kappa shape index (κ2) is 5.24. The van der Waals surface area contributed by atoms with Crippen molar-refractivity contribution >= 4 is 5.91 Å². The molecule has 0 aliphatic heterocycles. The molecule has 1 aliphatic rings. The minimum absolute atomic E-state index is 0.0749. The predicted octanol–water partition coefficient (Wildman–Crippen LogP) is 0.452. The van der Waals surface area contributed by atoms with Crippen LogP contribution in [0.4, 0.5) is 0 Å². The minimum Gasteiger partial charge on any atom is -0.349 e. The fraction of sp³-hybridized carbons (Fsp3) is 0.286. The number of aryl methyl sites for hydroxylation is 1. The average molecular weight is 270 g/mol. The highest BCUT2D eigenvalue weighted by Crippen LogP contribution is 2.18. The molecular formula is C14H14N4O2. The Labute approximate surface area is 115 Å². The molecule has 1 aliphatic carbocycles. The summed E-state index contributed by atoms with van der Waals surface area (Å²) in [6, 6.07) is 5.07. The van der Waals surface area contributed by atoms with Gasteiger partial charge in [0.15, 0.2) is 0 Å². The van der Waals surface area contributed by atoms with Gasteiger partial charge >= 0.3 is 0 Å². The summed E-state index contributed by atoms with van der Waals surface area (Å²) in [4.78, 5) is 26.1. The monoisotopic (exact) mass is 270 g/mol. The number of nitrogens with one attached hydrogen (secondary N) is 2. The van der Waals surface area contributed by atoms with Crippen molar-refractivity contribution in [3.63, 3.8) is 0 Å². The van der Waals surface area contributed by atoms with Crippen LogP contribution >= 0.6 is 0 Å². The van der Waals surface area contributed by atoms with Crippen molar-refractivity contribution in [3.8, 4) is 0 Å². The molecule has 2 aromatic heterocycles. The minimum atomic E-state index is -0.141. The number of carbonyl (C=O) groups is 1. The summed E-state index contributed by atoms with van der Waals surface area (Å²) in [5, 5.41) is 10.3. The number of carbonyl (C=O) groups excluding carboxylic acids is 1. The molecule has 2 heterocycles. The topological polar surface area (TPSA) is 87.7 Å². The predicted molar refractivity (Wildman–Crippen MR) is 72.4 cm³/mol. The van der Waals surface area contributed by atoms with Gasteiger partial charge in [-0.3, -0.25) is 9.59 Å².